The van der Waals surface area contributed by atoms with E-state index in [1.165, 1.54) is 29.1 Å². The van der Waals surface area contributed by atoms with Gasteiger partial charge in [-0.3, -0.25) is 4.79 Å². The van der Waals surface area contributed by atoms with Crippen LogP contribution in [0, 0.1) is 23.2 Å². The highest BCUT2D eigenvalue weighted by Crippen LogP contribution is 2.68. The van der Waals surface area contributed by atoms with Crippen LogP contribution in [0.5, 0.6) is 0 Å². The van der Waals surface area contributed by atoms with E-state index in [1.807, 2.05) is 11.8 Å². The summed E-state index contributed by atoms with van der Waals surface area (Å²) in [6.45, 7) is 14.5. The van der Waals surface area contributed by atoms with Crippen LogP contribution in [0.1, 0.15) is 65.2 Å². The second-order valence-electron chi connectivity index (χ2n) is 7.60. The summed E-state index contributed by atoms with van der Waals surface area (Å²) in [6.07, 6.45) is 2.53. The lowest BCUT2D eigenvalue weighted by atomic mass is 9.51. The van der Waals surface area contributed by atoms with Crippen LogP contribution in [-0.2, 0) is 0 Å². The van der Waals surface area contributed by atoms with Crippen LogP contribution in [0.2, 0.25) is 0 Å². The van der Waals surface area contributed by atoms with Crippen molar-refractivity contribution in [2.45, 2.75) is 70.1 Å². The van der Waals surface area contributed by atoms with Gasteiger partial charge >= 0.3 is 4.87 Å². The van der Waals surface area contributed by atoms with Crippen LogP contribution in [0.3, 0.4) is 0 Å². The molecule has 2 aliphatic rings. The molecule has 6 atom stereocenters. The summed E-state index contributed by atoms with van der Waals surface area (Å²) in [5.74, 6) is 2.68. The number of hydrogen-bond donors (Lipinski definition) is 1. The van der Waals surface area contributed by atoms with Crippen molar-refractivity contribution in [2.24, 2.45) is 23.2 Å². The molecule has 1 aromatic heterocycles. The van der Waals surface area contributed by atoms with Crippen LogP contribution in [0.15, 0.2) is 9.82 Å². The van der Waals surface area contributed by atoms with Crippen molar-refractivity contribution in [3.63, 3.8) is 0 Å². The summed E-state index contributed by atoms with van der Waals surface area (Å²) >= 11 is 3.38. The van der Waals surface area contributed by atoms with E-state index in [0.717, 1.165) is 16.9 Å². The van der Waals surface area contributed by atoms with E-state index in [-0.39, 0.29) is 15.0 Å². The molecular formula is C17H27NOS2. The fourth-order valence-corrected chi connectivity index (χ4v) is 8.15. The first kappa shape index (κ1) is 15.7. The van der Waals surface area contributed by atoms with Gasteiger partial charge < -0.3 is 4.98 Å². The third kappa shape index (κ3) is 1.94. The fraction of sp³-hybridized carbons (Fsp3) is 0.824. The molecule has 1 fully saturated rings. The molecule has 1 saturated carbocycles. The number of nitrogens with one attached hydrogen (secondary N) is 1. The minimum Gasteiger partial charge on any atom is -0.307 e. The third-order valence-corrected chi connectivity index (χ3v) is 9.88. The molecule has 2 nitrogen and oxygen atoms in total. The molecule has 1 aliphatic heterocycles. The second kappa shape index (κ2) is 4.89. The van der Waals surface area contributed by atoms with E-state index in [0.29, 0.717) is 11.8 Å². The van der Waals surface area contributed by atoms with Gasteiger partial charge in [0.15, 0.2) is 0 Å². The van der Waals surface area contributed by atoms with Crippen LogP contribution < -0.4 is 4.87 Å². The van der Waals surface area contributed by atoms with Gasteiger partial charge in [0.2, 0.25) is 0 Å². The minimum atomic E-state index is 0.109. The largest absolute Gasteiger partial charge is 0.307 e. The molecule has 21 heavy (non-hydrogen) atoms. The summed E-state index contributed by atoms with van der Waals surface area (Å²) in [7, 11) is 0. The lowest BCUT2D eigenvalue weighted by Crippen LogP contribution is -2.58. The van der Waals surface area contributed by atoms with Crippen molar-refractivity contribution >= 4 is 23.1 Å². The molecule has 1 N–H and O–H groups in total. The predicted molar refractivity (Wildman–Crippen MR) is 92.4 cm³/mol. The number of aromatic nitrogens is 1. The Morgan fingerprint density at radius 2 is 1.95 bits per heavy atom. The highest BCUT2D eigenvalue weighted by atomic mass is 32.2. The molecule has 1 aromatic rings. The Kier molecular flexibility index (Phi) is 3.65. The highest BCUT2D eigenvalue weighted by Gasteiger charge is 2.61. The van der Waals surface area contributed by atoms with Gasteiger partial charge in [-0.1, -0.05) is 64.1 Å². The second-order valence-corrected chi connectivity index (χ2v) is 10.1. The van der Waals surface area contributed by atoms with Crippen LogP contribution >= 0.6 is 23.1 Å². The van der Waals surface area contributed by atoms with Crippen molar-refractivity contribution in [1.82, 2.24) is 4.98 Å². The average Bonchev–Trinajstić information content (AvgIpc) is 2.76. The summed E-state index contributed by atoms with van der Waals surface area (Å²) in [6, 6.07) is 0. The number of aromatic amines is 1. The number of thiazole rings is 1. The van der Waals surface area contributed by atoms with Crippen LogP contribution in [0.4, 0.5) is 0 Å². The Morgan fingerprint density at radius 1 is 1.29 bits per heavy atom. The number of fused-ring (bicyclic) bond motifs is 2. The topological polar surface area (TPSA) is 32.9 Å². The van der Waals surface area contributed by atoms with E-state index in [2.05, 4.69) is 46.5 Å². The molecule has 2 heterocycles. The van der Waals surface area contributed by atoms with Gasteiger partial charge in [-0.05, 0) is 42.4 Å². The maximum Gasteiger partial charge on any atom is 0.305 e. The van der Waals surface area contributed by atoms with Crippen molar-refractivity contribution < 1.29 is 0 Å². The summed E-state index contributed by atoms with van der Waals surface area (Å²) < 4.78 is 0.205. The normalized spacial score (nSPS) is 46.0. The number of rotatable bonds is 1. The molecule has 0 radical (unpaired) electrons. The molecule has 118 valence electrons. The Bertz CT molecular complexity index is 606. The fourth-order valence-electron chi connectivity index (χ4n) is 5.20. The molecule has 3 rings (SSSR count). The van der Waals surface area contributed by atoms with Gasteiger partial charge in [-0.25, -0.2) is 0 Å². The van der Waals surface area contributed by atoms with Gasteiger partial charge in [0.1, 0.15) is 0 Å². The maximum absolute atomic E-state index is 11.8. The molecular weight excluding hydrogens is 298 g/mol. The Morgan fingerprint density at radius 3 is 2.57 bits per heavy atom. The predicted octanol–water partition coefficient (Wildman–Crippen LogP) is 5.11. The quantitative estimate of drug-likeness (QED) is 0.778. The number of thioether (sulfide) groups is 1. The minimum absolute atomic E-state index is 0.109. The maximum atomic E-state index is 11.8. The molecule has 0 saturated heterocycles. The van der Waals surface area contributed by atoms with Gasteiger partial charge in [-0.2, -0.15) is 0 Å². The van der Waals surface area contributed by atoms with E-state index in [1.54, 1.807) is 0 Å². The molecule has 0 bridgehead atoms. The van der Waals surface area contributed by atoms with Crippen molar-refractivity contribution in [3.05, 3.63) is 14.5 Å². The van der Waals surface area contributed by atoms with E-state index in [9.17, 15) is 4.79 Å². The molecule has 4 heteroatoms. The zero-order chi connectivity index (χ0) is 15.6. The molecule has 1 aliphatic carbocycles. The molecule has 6 unspecified atom stereocenters. The highest BCUT2D eigenvalue weighted by molar-refractivity contribution is 8.00. The molecule has 0 amide bonds. The Hall–Kier alpha value is -0.220. The summed E-state index contributed by atoms with van der Waals surface area (Å²) in [5.41, 5.74) is 0.264. The zero-order valence-electron chi connectivity index (χ0n) is 13.9. The lowest BCUT2D eigenvalue weighted by molar-refractivity contribution is 0.000786. The van der Waals surface area contributed by atoms with Gasteiger partial charge in [0.05, 0.1) is 5.03 Å². The first-order valence-electron chi connectivity index (χ1n) is 8.16. The first-order chi connectivity index (χ1) is 9.74. The average molecular weight is 326 g/mol. The monoisotopic (exact) mass is 325 g/mol. The molecule has 0 spiro atoms. The van der Waals surface area contributed by atoms with Gasteiger partial charge in [0.25, 0.3) is 0 Å². The van der Waals surface area contributed by atoms with Crippen molar-refractivity contribution in [2.75, 3.05) is 0 Å². The van der Waals surface area contributed by atoms with Crippen LogP contribution in [0.25, 0.3) is 0 Å². The van der Waals surface area contributed by atoms with E-state index >= 15 is 0 Å². The molecule has 0 aromatic carbocycles. The Balaban J connectivity index is 2.15. The number of H-pyrrole nitrogens is 1. The third-order valence-electron chi connectivity index (χ3n) is 6.90. The summed E-state index contributed by atoms with van der Waals surface area (Å²) in [5, 5.41) is 1.15. The van der Waals surface area contributed by atoms with Crippen molar-refractivity contribution in [1.29, 1.82) is 0 Å². The first-order valence-corrected chi connectivity index (χ1v) is 9.80. The van der Waals surface area contributed by atoms with Crippen molar-refractivity contribution in [3.8, 4) is 0 Å². The summed E-state index contributed by atoms with van der Waals surface area (Å²) in [4.78, 5) is 16.3. The van der Waals surface area contributed by atoms with Gasteiger partial charge in [-0.15, -0.1) is 0 Å². The van der Waals surface area contributed by atoms with E-state index < -0.39 is 0 Å². The standard InChI is InChI=1S/C17H27NOS2/c1-7-12-9(2)8-16(5)11(4)13-14(18-15(19)20-13)21-17(16,6)10(12)3/h9-12H,7-8H2,1-6H3,(H,18,19). The smallest absolute Gasteiger partial charge is 0.305 e. The zero-order valence-corrected chi connectivity index (χ0v) is 15.6. The van der Waals surface area contributed by atoms with Gasteiger partial charge in [0, 0.05) is 9.62 Å². The lowest BCUT2D eigenvalue weighted by Gasteiger charge is -2.62. The SMILES string of the molecule is CCC1C(C)CC2(C)C(C)c3sc(=O)[nH]c3SC2(C)C1C. The Labute approximate surface area is 136 Å². The van der Waals surface area contributed by atoms with Crippen LogP contribution in [-0.4, -0.2) is 9.73 Å². The number of hydrogen-bond acceptors (Lipinski definition) is 3. The van der Waals surface area contributed by atoms with E-state index in [4.69, 9.17) is 0 Å².